The largest absolute Gasteiger partial charge is 0.367 e. The third-order valence-corrected chi connectivity index (χ3v) is 2.81. The number of hydrogen-bond donors (Lipinski definition) is 2. The molecule has 0 amide bonds. The van der Waals surface area contributed by atoms with E-state index in [0.29, 0.717) is 11.4 Å². The molecule has 5 heteroatoms. The van der Waals surface area contributed by atoms with Crippen molar-refractivity contribution in [1.82, 2.24) is 9.97 Å². The van der Waals surface area contributed by atoms with Crippen molar-refractivity contribution in [2.24, 2.45) is 5.73 Å². The van der Waals surface area contributed by atoms with Crippen LogP contribution < -0.4 is 11.3 Å². The molecule has 1 aliphatic heterocycles. The van der Waals surface area contributed by atoms with Gasteiger partial charge in [-0.2, -0.15) is 0 Å². The van der Waals surface area contributed by atoms with Crippen molar-refractivity contribution in [2.75, 3.05) is 6.61 Å². The Morgan fingerprint density at radius 3 is 3.07 bits per heavy atom. The second-order valence-electron chi connectivity index (χ2n) is 3.97. The van der Waals surface area contributed by atoms with Gasteiger partial charge in [-0.15, -0.1) is 0 Å². The Bertz CT molecular complexity index is 407. The normalized spacial score (nSPS) is 25.7. The molecule has 1 aromatic rings. The van der Waals surface area contributed by atoms with Crippen molar-refractivity contribution < 1.29 is 4.74 Å². The van der Waals surface area contributed by atoms with Crippen LogP contribution in [0.15, 0.2) is 11.0 Å². The van der Waals surface area contributed by atoms with Crippen molar-refractivity contribution in [3.8, 4) is 0 Å². The minimum Gasteiger partial charge on any atom is -0.367 e. The molecule has 1 aromatic heterocycles. The van der Waals surface area contributed by atoms with Gasteiger partial charge in [0.25, 0.3) is 5.56 Å². The molecule has 0 radical (unpaired) electrons. The molecule has 15 heavy (non-hydrogen) atoms. The van der Waals surface area contributed by atoms with Crippen molar-refractivity contribution in [2.45, 2.75) is 31.9 Å². The lowest BCUT2D eigenvalue weighted by molar-refractivity contribution is 0.00908. The highest BCUT2D eigenvalue weighted by Crippen LogP contribution is 2.32. The molecule has 2 rings (SSSR count). The maximum absolute atomic E-state index is 11.5. The Balaban J connectivity index is 2.37. The van der Waals surface area contributed by atoms with Gasteiger partial charge in [-0.25, -0.2) is 4.98 Å². The standard InChI is InChI=1S/C10H15N3O2/c1-10(3-2-4-15-10)9-12-6-7(5-11)8(14)13-9/h6H,2-5,11H2,1H3,(H,12,13,14). The highest BCUT2D eigenvalue weighted by Gasteiger charge is 2.34. The highest BCUT2D eigenvalue weighted by atomic mass is 16.5. The fraction of sp³-hybridized carbons (Fsp3) is 0.600. The van der Waals surface area contributed by atoms with E-state index in [1.165, 1.54) is 6.20 Å². The van der Waals surface area contributed by atoms with Crippen molar-refractivity contribution in [3.05, 3.63) is 27.9 Å². The minimum atomic E-state index is -0.438. The molecule has 3 N–H and O–H groups in total. The smallest absolute Gasteiger partial charge is 0.255 e. The molecule has 1 saturated heterocycles. The molecule has 0 bridgehead atoms. The molecule has 1 aliphatic rings. The van der Waals surface area contributed by atoms with Gasteiger partial charge in [0, 0.05) is 24.9 Å². The zero-order valence-corrected chi connectivity index (χ0v) is 8.75. The van der Waals surface area contributed by atoms with Gasteiger partial charge >= 0.3 is 0 Å². The van der Waals surface area contributed by atoms with Crippen LogP contribution in [-0.4, -0.2) is 16.6 Å². The van der Waals surface area contributed by atoms with Crippen LogP contribution in [-0.2, 0) is 16.9 Å². The van der Waals surface area contributed by atoms with Gasteiger partial charge in [-0.3, -0.25) is 4.79 Å². The average Bonchev–Trinajstić information content (AvgIpc) is 2.66. The minimum absolute atomic E-state index is 0.167. The van der Waals surface area contributed by atoms with Crippen LogP contribution in [0.3, 0.4) is 0 Å². The van der Waals surface area contributed by atoms with Gasteiger partial charge in [0.15, 0.2) is 0 Å². The summed E-state index contributed by atoms with van der Waals surface area (Å²) in [5.74, 6) is 0.599. The first-order valence-corrected chi connectivity index (χ1v) is 5.08. The van der Waals surface area contributed by atoms with Crippen molar-refractivity contribution in [3.63, 3.8) is 0 Å². The number of rotatable bonds is 2. The van der Waals surface area contributed by atoms with Gasteiger partial charge in [-0.05, 0) is 19.8 Å². The molecular weight excluding hydrogens is 194 g/mol. The van der Waals surface area contributed by atoms with Gasteiger partial charge in [0.1, 0.15) is 11.4 Å². The Morgan fingerprint density at radius 2 is 2.53 bits per heavy atom. The molecule has 0 spiro atoms. The summed E-state index contributed by atoms with van der Waals surface area (Å²) < 4.78 is 5.59. The quantitative estimate of drug-likeness (QED) is 0.731. The van der Waals surface area contributed by atoms with Crippen LogP contribution in [0.1, 0.15) is 31.2 Å². The second kappa shape index (κ2) is 3.75. The lowest BCUT2D eigenvalue weighted by Gasteiger charge is -2.21. The first-order chi connectivity index (χ1) is 7.15. The summed E-state index contributed by atoms with van der Waals surface area (Å²) in [4.78, 5) is 18.5. The van der Waals surface area contributed by atoms with Crippen LogP contribution in [0.5, 0.6) is 0 Å². The van der Waals surface area contributed by atoms with E-state index in [1.54, 1.807) is 0 Å². The summed E-state index contributed by atoms with van der Waals surface area (Å²) in [5, 5.41) is 0. The van der Waals surface area contributed by atoms with Crippen molar-refractivity contribution in [1.29, 1.82) is 0 Å². The summed E-state index contributed by atoms with van der Waals surface area (Å²) in [6, 6.07) is 0. The van der Waals surface area contributed by atoms with E-state index in [9.17, 15) is 4.79 Å². The summed E-state index contributed by atoms with van der Waals surface area (Å²) >= 11 is 0. The fourth-order valence-electron chi connectivity index (χ4n) is 1.80. The maximum Gasteiger partial charge on any atom is 0.255 e. The van der Waals surface area contributed by atoms with E-state index in [-0.39, 0.29) is 12.1 Å². The molecule has 2 heterocycles. The Hall–Kier alpha value is -1.20. The predicted molar refractivity (Wildman–Crippen MR) is 55.3 cm³/mol. The molecule has 1 atom stereocenters. The molecule has 0 saturated carbocycles. The number of hydrogen-bond acceptors (Lipinski definition) is 4. The zero-order chi connectivity index (χ0) is 10.9. The number of nitrogens with one attached hydrogen (secondary N) is 1. The van der Waals surface area contributed by atoms with Gasteiger partial charge in [-0.1, -0.05) is 0 Å². The topological polar surface area (TPSA) is 81.0 Å². The summed E-state index contributed by atoms with van der Waals surface area (Å²) in [5.41, 5.74) is 5.29. The van der Waals surface area contributed by atoms with Crippen LogP contribution in [0.25, 0.3) is 0 Å². The lowest BCUT2D eigenvalue weighted by atomic mass is 10.0. The molecule has 1 fully saturated rings. The number of nitrogens with zero attached hydrogens (tertiary/aromatic N) is 1. The summed E-state index contributed by atoms with van der Waals surface area (Å²) in [6.07, 6.45) is 3.41. The lowest BCUT2D eigenvalue weighted by Crippen LogP contribution is -2.28. The number of nitrogens with two attached hydrogens (primary N) is 1. The number of H-pyrrole nitrogens is 1. The Labute approximate surface area is 87.7 Å². The number of aromatic amines is 1. The van der Waals surface area contributed by atoms with Gasteiger partial charge < -0.3 is 15.5 Å². The number of aromatic nitrogens is 2. The fourth-order valence-corrected chi connectivity index (χ4v) is 1.80. The highest BCUT2D eigenvalue weighted by molar-refractivity contribution is 5.09. The molecule has 82 valence electrons. The van der Waals surface area contributed by atoms with E-state index in [2.05, 4.69) is 9.97 Å². The second-order valence-corrected chi connectivity index (χ2v) is 3.97. The SMILES string of the molecule is CC1(c2ncc(CN)c(=O)[nH]2)CCCO1. The molecule has 1 unspecified atom stereocenters. The third kappa shape index (κ3) is 1.80. The van der Waals surface area contributed by atoms with E-state index < -0.39 is 5.60 Å². The average molecular weight is 209 g/mol. The van der Waals surface area contributed by atoms with Gasteiger partial charge in [0.2, 0.25) is 0 Å². The summed E-state index contributed by atoms with van der Waals surface area (Å²) in [6.45, 7) is 2.87. The van der Waals surface area contributed by atoms with E-state index >= 15 is 0 Å². The molecule has 0 aliphatic carbocycles. The van der Waals surface area contributed by atoms with E-state index in [0.717, 1.165) is 19.4 Å². The van der Waals surface area contributed by atoms with Crippen molar-refractivity contribution >= 4 is 0 Å². The van der Waals surface area contributed by atoms with E-state index in [1.807, 2.05) is 6.92 Å². The van der Waals surface area contributed by atoms with Crippen LogP contribution in [0.4, 0.5) is 0 Å². The van der Waals surface area contributed by atoms with Crippen LogP contribution >= 0.6 is 0 Å². The summed E-state index contributed by atoms with van der Waals surface area (Å²) in [7, 11) is 0. The van der Waals surface area contributed by atoms with Gasteiger partial charge in [0.05, 0.1) is 0 Å². The monoisotopic (exact) mass is 209 g/mol. The molecule has 0 aromatic carbocycles. The Morgan fingerprint density at radius 1 is 1.73 bits per heavy atom. The van der Waals surface area contributed by atoms with E-state index in [4.69, 9.17) is 10.5 Å². The maximum atomic E-state index is 11.5. The third-order valence-electron chi connectivity index (χ3n) is 2.81. The molecule has 5 nitrogen and oxygen atoms in total. The molecular formula is C10H15N3O2. The van der Waals surface area contributed by atoms with Crippen LogP contribution in [0, 0.1) is 0 Å². The number of ether oxygens (including phenoxy) is 1. The van der Waals surface area contributed by atoms with Crippen LogP contribution in [0.2, 0.25) is 0 Å². The first-order valence-electron chi connectivity index (χ1n) is 5.08. The predicted octanol–water partition coefficient (Wildman–Crippen LogP) is 0.254. The first kappa shape index (κ1) is 10.3. The Kier molecular flexibility index (Phi) is 2.58. The zero-order valence-electron chi connectivity index (χ0n) is 8.75.